The molecule has 1 N–H and O–H groups in total. The summed E-state index contributed by atoms with van der Waals surface area (Å²) in [5.74, 6) is 3.59. The number of nitrogens with zero attached hydrogens (tertiary/aromatic N) is 2. The molecule has 0 aliphatic carbocycles. The molecule has 1 aromatic rings. The van der Waals surface area contributed by atoms with Crippen LogP contribution in [0.4, 0.5) is 5.82 Å². The average molecular weight is 245 g/mol. The van der Waals surface area contributed by atoms with Crippen LogP contribution in [0, 0.1) is 12.3 Å². The number of rotatable bonds is 5. The molecule has 0 aliphatic rings. The van der Waals surface area contributed by atoms with Crippen molar-refractivity contribution in [3.8, 4) is 12.3 Å². The summed E-state index contributed by atoms with van der Waals surface area (Å²) < 4.78 is 0. The average Bonchev–Trinajstić information content (AvgIpc) is 2.33. The fourth-order valence-corrected chi connectivity index (χ4v) is 1.54. The van der Waals surface area contributed by atoms with E-state index in [9.17, 15) is 0 Å². The normalized spacial score (nSPS) is 11.1. The summed E-state index contributed by atoms with van der Waals surface area (Å²) in [5.41, 5.74) is 1.31. The zero-order valence-electron chi connectivity index (χ0n) is 11.8. The summed E-state index contributed by atoms with van der Waals surface area (Å²) in [6.45, 7) is 10.8. The molecule has 0 fully saturated rings. The van der Waals surface area contributed by atoms with Crippen LogP contribution >= 0.6 is 0 Å². The van der Waals surface area contributed by atoms with Gasteiger partial charge in [-0.05, 0) is 39.3 Å². The first kappa shape index (κ1) is 14.5. The van der Waals surface area contributed by atoms with Gasteiger partial charge in [0, 0.05) is 24.8 Å². The van der Waals surface area contributed by atoms with E-state index in [0.717, 1.165) is 18.9 Å². The van der Waals surface area contributed by atoms with Gasteiger partial charge in [-0.2, -0.15) is 0 Å². The van der Waals surface area contributed by atoms with Gasteiger partial charge in [-0.25, -0.2) is 4.98 Å². The van der Waals surface area contributed by atoms with E-state index in [2.05, 4.69) is 54.9 Å². The van der Waals surface area contributed by atoms with Crippen LogP contribution in [0.2, 0.25) is 0 Å². The van der Waals surface area contributed by atoms with Gasteiger partial charge in [0.05, 0.1) is 6.54 Å². The summed E-state index contributed by atoms with van der Waals surface area (Å²) in [6.07, 6.45) is 7.25. The van der Waals surface area contributed by atoms with Gasteiger partial charge in [0.15, 0.2) is 0 Å². The van der Waals surface area contributed by atoms with Gasteiger partial charge in [0.25, 0.3) is 0 Å². The lowest BCUT2D eigenvalue weighted by Gasteiger charge is -2.21. The minimum Gasteiger partial charge on any atom is -0.346 e. The van der Waals surface area contributed by atoms with E-state index in [0.29, 0.717) is 6.54 Å². The first-order valence-electron chi connectivity index (χ1n) is 6.34. The van der Waals surface area contributed by atoms with Crippen LogP contribution in [0.25, 0.3) is 0 Å². The molecule has 0 atom stereocenters. The highest BCUT2D eigenvalue weighted by atomic mass is 15.2. The van der Waals surface area contributed by atoms with E-state index in [-0.39, 0.29) is 5.54 Å². The molecule has 0 radical (unpaired) electrons. The third-order valence-electron chi connectivity index (χ3n) is 2.62. The van der Waals surface area contributed by atoms with Crippen LogP contribution in [0.5, 0.6) is 0 Å². The van der Waals surface area contributed by atoms with Crippen LogP contribution in [0.15, 0.2) is 18.3 Å². The highest BCUT2D eigenvalue weighted by molar-refractivity contribution is 5.40. The van der Waals surface area contributed by atoms with E-state index < -0.39 is 0 Å². The Morgan fingerprint density at radius 1 is 1.39 bits per heavy atom. The van der Waals surface area contributed by atoms with Crippen molar-refractivity contribution in [1.82, 2.24) is 10.3 Å². The van der Waals surface area contributed by atoms with Gasteiger partial charge >= 0.3 is 0 Å². The van der Waals surface area contributed by atoms with Crippen molar-refractivity contribution in [2.45, 2.75) is 39.8 Å². The number of aromatic nitrogens is 1. The smallest absolute Gasteiger partial charge is 0.129 e. The van der Waals surface area contributed by atoms with Crippen molar-refractivity contribution < 1.29 is 0 Å². The second kappa shape index (κ2) is 6.42. The first-order chi connectivity index (χ1) is 8.46. The van der Waals surface area contributed by atoms with Crippen molar-refractivity contribution in [3.63, 3.8) is 0 Å². The minimum atomic E-state index is 0.123. The second-order valence-corrected chi connectivity index (χ2v) is 5.35. The number of hydrogen-bond donors (Lipinski definition) is 1. The van der Waals surface area contributed by atoms with Gasteiger partial charge in [-0.1, -0.05) is 12.0 Å². The summed E-state index contributed by atoms with van der Waals surface area (Å²) >= 11 is 0. The highest BCUT2D eigenvalue weighted by Gasteiger charge is 2.09. The van der Waals surface area contributed by atoms with Gasteiger partial charge in [0.1, 0.15) is 5.82 Å². The Balaban J connectivity index is 2.65. The van der Waals surface area contributed by atoms with Crippen molar-refractivity contribution in [2.75, 3.05) is 18.0 Å². The van der Waals surface area contributed by atoms with E-state index in [1.807, 2.05) is 12.3 Å². The van der Waals surface area contributed by atoms with Gasteiger partial charge in [-0.15, -0.1) is 6.42 Å². The number of hydrogen-bond acceptors (Lipinski definition) is 3. The van der Waals surface area contributed by atoms with Crippen LogP contribution in [0.1, 0.15) is 33.3 Å². The molecule has 0 saturated heterocycles. The van der Waals surface area contributed by atoms with E-state index in [1.165, 1.54) is 5.56 Å². The van der Waals surface area contributed by atoms with Crippen LogP contribution in [-0.2, 0) is 6.54 Å². The van der Waals surface area contributed by atoms with Gasteiger partial charge in [-0.3, -0.25) is 0 Å². The minimum absolute atomic E-state index is 0.123. The maximum atomic E-state index is 5.34. The molecular formula is C15H23N3. The first-order valence-corrected chi connectivity index (χ1v) is 6.34. The summed E-state index contributed by atoms with van der Waals surface area (Å²) in [5, 5.41) is 3.44. The molecule has 0 bridgehead atoms. The fraction of sp³-hybridized carbons (Fsp3) is 0.533. The number of pyridine rings is 1. The van der Waals surface area contributed by atoms with Crippen molar-refractivity contribution in [2.24, 2.45) is 0 Å². The molecule has 3 nitrogen and oxygen atoms in total. The number of anilines is 1. The molecular weight excluding hydrogens is 222 g/mol. The fourth-order valence-electron chi connectivity index (χ4n) is 1.54. The van der Waals surface area contributed by atoms with E-state index >= 15 is 0 Å². The van der Waals surface area contributed by atoms with E-state index in [4.69, 9.17) is 6.42 Å². The molecule has 1 heterocycles. The Bertz CT molecular complexity index is 395. The third kappa shape index (κ3) is 4.77. The molecule has 0 spiro atoms. The molecule has 3 heteroatoms. The second-order valence-electron chi connectivity index (χ2n) is 5.35. The molecule has 0 aliphatic heterocycles. The molecule has 0 amide bonds. The van der Waals surface area contributed by atoms with E-state index in [1.54, 1.807) is 0 Å². The molecule has 1 aromatic heterocycles. The number of nitrogens with one attached hydrogen (secondary N) is 1. The summed E-state index contributed by atoms with van der Waals surface area (Å²) in [6, 6.07) is 4.13. The van der Waals surface area contributed by atoms with Crippen LogP contribution < -0.4 is 10.2 Å². The standard InChI is InChI=1S/C15H23N3/c1-6-10-18(7-2)14-9-8-13(11-16-14)12-17-15(3,4)5/h1,8-9,11,17H,7,10,12H2,2-5H3. The maximum Gasteiger partial charge on any atom is 0.129 e. The zero-order valence-corrected chi connectivity index (χ0v) is 11.8. The topological polar surface area (TPSA) is 28.2 Å². The summed E-state index contributed by atoms with van der Waals surface area (Å²) in [4.78, 5) is 6.53. The maximum absolute atomic E-state index is 5.34. The lowest BCUT2D eigenvalue weighted by atomic mass is 10.1. The Morgan fingerprint density at radius 3 is 2.56 bits per heavy atom. The lowest BCUT2D eigenvalue weighted by molar-refractivity contribution is 0.424. The Morgan fingerprint density at radius 2 is 2.11 bits per heavy atom. The Hall–Kier alpha value is -1.53. The highest BCUT2D eigenvalue weighted by Crippen LogP contribution is 2.11. The molecule has 98 valence electrons. The van der Waals surface area contributed by atoms with Gasteiger partial charge in [0.2, 0.25) is 0 Å². The lowest BCUT2D eigenvalue weighted by Crippen LogP contribution is -2.35. The Labute approximate surface area is 111 Å². The predicted octanol–water partition coefficient (Wildman–Crippen LogP) is 2.43. The van der Waals surface area contributed by atoms with Crippen LogP contribution in [-0.4, -0.2) is 23.6 Å². The quantitative estimate of drug-likeness (QED) is 0.808. The summed E-state index contributed by atoms with van der Waals surface area (Å²) in [7, 11) is 0. The van der Waals surface area contributed by atoms with Crippen molar-refractivity contribution in [3.05, 3.63) is 23.9 Å². The molecule has 0 unspecified atom stereocenters. The Kier molecular flexibility index (Phi) is 5.18. The number of terminal acetylenes is 1. The molecule has 18 heavy (non-hydrogen) atoms. The molecule has 1 rings (SSSR count). The molecule has 0 aromatic carbocycles. The molecule has 0 saturated carbocycles. The van der Waals surface area contributed by atoms with Crippen molar-refractivity contribution >= 4 is 5.82 Å². The monoisotopic (exact) mass is 245 g/mol. The predicted molar refractivity (Wildman–Crippen MR) is 77.5 cm³/mol. The van der Waals surface area contributed by atoms with Crippen molar-refractivity contribution in [1.29, 1.82) is 0 Å². The van der Waals surface area contributed by atoms with Gasteiger partial charge < -0.3 is 10.2 Å². The largest absolute Gasteiger partial charge is 0.346 e. The van der Waals surface area contributed by atoms with Crippen LogP contribution in [0.3, 0.4) is 0 Å². The third-order valence-corrected chi connectivity index (χ3v) is 2.62. The SMILES string of the molecule is C#CCN(CC)c1ccc(CNC(C)(C)C)cn1. The zero-order chi connectivity index (χ0) is 13.6.